The van der Waals surface area contributed by atoms with Crippen molar-refractivity contribution in [3.63, 3.8) is 0 Å². The Kier molecular flexibility index (Phi) is 12.1. The minimum absolute atomic E-state index is 0.0670. The summed E-state index contributed by atoms with van der Waals surface area (Å²) in [6, 6.07) is 27.3. The highest BCUT2D eigenvalue weighted by molar-refractivity contribution is 7.91. The molecule has 2 aromatic carbocycles. The van der Waals surface area contributed by atoms with E-state index in [1.807, 2.05) is 95.1 Å². The zero-order valence-electron chi connectivity index (χ0n) is 30.6. The first kappa shape index (κ1) is 38.4. The van der Waals surface area contributed by atoms with Crippen LogP contribution in [0.3, 0.4) is 0 Å². The van der Waals surface area contributed by atoms with Gasteiger partial charge >= 0.3 is 8.25 Å². The molecule has 0 fully saturated rings. The van der Waals surface area contributed by atoms with Gasteiger partial charge in [0.15, 0.2) is 0 Å². The zero-order valence-corrected chi connectivity index (χ0v) is 33.3. The van der Waals surface area contributed by atoms with E-state index in [2.05, 4.69) is 38.7 Å². The van der Waals surface area contributed by atoms with Gasteiger partial charge in [0, 0.05) is 54.6 Å². The van der Waals surface area contributed by atoms with Crippen LogP contribution in [0.5, 0.6) is 11.8 Å². The van der Waals surface area contributed by atoms with Crippen LogP contribution in [-0.2, 0) is 40.3 Å². The second-order valence-corrected chi connectivity index (χ2v) is 20.0. The van der Waals surface area contributed by atoms with Gasteiger partial charge in [-0.25, -0.2) is 9.55 Å². The van der Waals surface area contributed by atoms with Crippen LogP contribution < -0.4 is 28.5 Å². The molecule has 4 aromatic rings. The van der Waals surface area contributed by atoms with Crippen molar-refractivity contribution in [3.8, 4) is 11.8 Å². The molecular weight excluding hydrogens is 716 g/mol. The Balaban J connectivity index is 1.22. The standard InChI is InChI=1S/C38H49N6O5PS2/c1-37(2,3)51(46)41-31-22-23-43(26-28-15-11-8-12-16-28)36-30(31)17-19-34(40-36)49-50(45)48-33-20-18-32-35(39-33)29(25-27-13-9-7-10-14-27)21-24-44(32)42-52(47)38(4,5)6/h7-20,29,31,41-42,50H,21-26H2,1-6H3. The lowest BCUT2D eigenvalue weighted by molar-refractivity contribution is 0.400. The van der Waals surface area contributed by atoms with Gasteiger partial charge in [-0.3, -0.25) is 5.01 Å². The summed E-state index contributed by atoms with van der Waals surface area (Å²) in [5.41, 5.74) is 4.80. The van der Waals surface area contributed by atoms with E-state index in [4.69, 9.17) is 19.0 Å². The van der Waals surface area contributed by atoms with Gasteiger partial charge in [0.1, 0.15) is 15.3 Å². The third-order valence-electron chi connectivity index (χ3n) is 8.97. The van der Waals surface area contributed by atoms with E-state index >= 15 is 0 Å². The third-order valence-corrected chi connectivity index (χ3v) is 12.8. The van der Waals surface area contributed by atoms with E-state index < -0.39 is 40.5 Å². The molecule has 0 radical (unpaired) electrons. The monoisotopic (exact) mass is 764 g/mol. The average Bonchev–Trinajstić information content (AvgIpc) is 3.10. The molecule has 0 saturated carbocycles. The van der Waals surface area contributed by atoms with Crippen molar-refractivity contribution in [1.29, 1.82) is 0 Å². The Morgan fingerprint density at radius 1 is 0.788 bits per heavy atom. The molecule has 0 aliphatic carbocycles. The first-order chi connectivity index (χ1) is 24.7. The molecule has 278 valence electrons. The molecular formula is C38H49N6O5PS2. The summed E-state index contributed by atoms with van der Waals surface area (Å²) in [5, 5.41) is 1.89. The maximum atomic E-state index is 13.4. The van der Waals surface area contributed by atoms with Crippen molar-refractivity contribution < 1.29 is 22.7 Å². The number of fused-ring (bicyclic) bond motifs is 2. The highest BCUT2D eigenvalue weighted by Crippen LogP contribution is 2.40. The first-order valence-electron chi connectivity index (χ1n) is 17.6. The van der Waals surface area contributed by atoms with Gasteiger partial charge in [0.2, 0.25) is 11.8 Å². The largest absolute Gasteiger partial charge is 0.598 e. The number of rotatable bonds is 12. The quantitative estimate of drug-likeness (QED) is 0.111. The fourth-order valence-electron chi connectivity index (χ4n) is 6.15. The molecule has 5 atom stereocenters. The molecule has 0 bridgehead atoms. The highest BCUT2D eigenvalue weighted by atomic mass is 32.2. The maximum absolute atomic E-state index is 13.4. The van der Waals surface area contributed by atoms with Crippen LogP contribution in [-0.4, -0.2) is 41.7 Å². The van der Waals surface area contributed by atoms with Gasteiger partial charge in [-0.2, -0.15) is 4.98 Å². The third kappa shape index (κ3) is 9.62. The van der Waals surface area contributed by atoms with Gasteiger partial charge in [0.25, 0.3) is 0 Å². The van der Waals surface area contributed by atoms with E-state index in [0.717, 1.165) is 41.8 Å². The Hall–Kier alpha value is -3.29. The van der Waals surface area contributed by atoms with Gasteiger partial charge in [-0.1, -0.05) is 60.7 Å². The molecule has 0 amide bonds. The summed E-state index contributed by atoms with van der Waals surface area (Å²) in [5.74, 6) is 1.09. The molecule has 5 unspecified atom stereocenters. The van der Waals surface area contributed by atoms with Gasteiger partial charge < -0.3 is 23.1 Å². The van der Waals surface area contributed by atoms with Gasteiger partial charge in [-0.15, -0.1) is 4.72 Å². The molecule has 11 nitrogen and oxygen atoms in total. The molecule has 14 heteroatoms. The van der Waals surface area contributed by atoms with Crippen LogP contribution in [0.25, 0.3) is 0 Å². The topological polar surface area (TPSA) is 138 Å². The Labute approximate surface area is 314 Å². The van der Waals surface area contributed by atoms with Crippen LogP contribution in [0, 0.1) is 0 Å². The molecule has 52 heavy (non-hydrogen) atoms. The number of pyridine rings is 2. The zero-order chi connectivity index (χ0) is 37.0. The summed E-state index contributed by atoms with van der Waals surface area (Å²) in [6.07, 6.45) is 2.29. The lowest BCUT2D eigenvalue weighted by Gasteiger charge is -2.36. The number of benzene rings is 2. The Bertz CT molecular complexity index is 1700. The van der Waals surface area contributed by atoms with Gasteiger partial charge in [-0.05, 0) is 88.9 Å². The lowest BCUT2D eigenvalue weighted by atomic mass is 9.89. The minimum Gasteiger partial charge on any atom is -0.598 e. The van der Waals surface area contributed by atoms with E-state index in [-0.39, 0.29) is 23.7 Å². The van der Waals surface area contributed by atoms with E-state index in [1.165, 1.54) is 5.56 Å². The van der Waals surface area contributed by atoms with Crippen LogP contribution in [0.15, 0.2) is 84.9 Å². The number of hydrogen-bond acceptors (Lipinski definition) is 11. The number of hydrogen-bond donors (Lipinski definition) is 2. The predicted molar refractivity (Wildman–Crippen MR) is 210 cm³/mol. The molecule has 6 rings (SSSR count). The minimum atomic E-state index is -3.13. The number of anilines is 2. The Morgan fingerprint density at radius 3 is 2.06 bits per heavy atom. The van der Waals surface area contributed by atoms with Gasteiger partial charge in [0.05, 0.1) is 28.8 Å². The number of nitrogens with zero attached hydrogens (tertiary/aromatic N) is 4. The van der Waals surface area contributed by atoms with Crippen molar-refractivity contribution >= 4 is 42.5 Å². The molecule has 2 aromatic heterocycles. The second-order valence-electron chi connectivity index (χ2n) is 15.1. The van der Waals surface area contributed by atoms with E-state index in [9.17, 15) is 13.7 Å². The highest BCUT2D eigenvalue weighted by Gasteiger charge is 2.36. The van der Waals surface area contributed by atoms with Crippen molar-refractivity contribution in [2.24, 2.45) is 0 Å². The van der Waals surface area contributed by atoms with Crippen LogP contribution in [0.1, 0.15) is 88.7 Å². The SMILES string of the molecule is CC(C)(C)[S+]([O-])NC1CCN(Cc2ccccc2)c2nc(O[PH](=O)Oc3ccc4c(n3)C(Cc3ccccc3)CCN4N[S+]([O-])C(C)(C)C)ccc21. The summed E-state index contributed by atoms with van der Waals surface area (Å²) >= 11 is -2.61. The molecule has 4 heterocycles. The Morgan fingerprint density at radius 2 is 1.40 bits per heavy atom. The van der Waals surface area contributed by atoms with Crippen LogP contribution in [0.2, 0.25) is 0 Å². The van der Waals surface area contributed by atoms with Crippen LogP contribution in [0.4, 0.5) is 11.5 Å². The lowest BCUT2D eigenvalue weighted by Crippen LogP contribution is -2.51. The molecule has 2 aliphatic rings. The molecule has 0 saturated heterocycles. The summed E-state index contributed by atoms with van der Waals surface area (Å²) in [7, 11) is -3.13. The number of hydrazine groups is 1. The van der Waals surface area contributed by atoms with Crippen molar-refractivity contribution in [3.05, 3.63) is 107 Å². The second kappa shape index (κ2) is 16.4. The fraction of sp³-hybridized carbons (Fsp3) is 0.421. The van der Waals surface area contributed by atoms with Crippen molar-refractivity contribution in [2.45, 2.75) is 88.8 Å². The number of nitrogens with one attached hydrogen (secondary N) is 2. The smallest absolute Gasteiger partial charge is 0.421 e. The maximum Gasteiger partial charge on any atom is 0.421 e. The number of aromatic nitrogens is 2. The summed E-state index contributed by atoms with van der Waals surface area (Å²) in [6.45, 7) is 13.6. The first-order valence-corrected chi connectivity index (χ1v) is 21.1. The molecule has 2 N–H and O–H groups in total. The summed E-state index contributed by atoms with van der Waals surface area (Å²) in [4.78, 5) is 15.0. The molecule has 2 aliphatic heterocycles. The van der Waals surface area contributed by atoms with Crippen molar-refractivity contribution in [2.75, 3.05) is 23.0 Å². The van der Waals surface area contributed by atoms with E-state index in [0.29, 0.717) is 25.5 Å². The van der Waals surface area contributed by atoms with E-state index in [1.54, 1.807) is 12.1 Å². The van der Waals surface area contributed by atoms with Crippen molar-refractivity contribution in [1.82, 2.24) is 19.5 Å². The normalized spacial score (nSPS) is 19.3. The predicted octanol–water partition coefficient (Wildman–Crippen LogP) is 7.33. The molecule has 0 spiro atoms. The summed E-state index contributed by atoms with van der Waals surface area (Å²) < 4.78 is 53.6. The fourth-order valence-corrected chi connectivity index (χ4v) is 8.28. The van der Waals surface area contributed by atoms with Crippen LogP contribution >= 0.6 is 8.25 Å². The average molecular weight is 765 g/mol.